The van der Waals surface area contributed by atoms with Crippen LogP contribution in [-0.4, -0.2) is 5.91 Å². The predicted octanol–water partition coefficient (Wildman–Crippen LogP) is 5.74. The number of nitrogens with zero attached hydrogens (tertiary/aromatic N) is 1. The van der Waals surface area contributed by atoms with E-state index >= 15 is 0 Å². The van der Waals surface area contributed by atoms with Gasteiger partial charge in [-0.2, -0.15) is 18.4 Å². The second-order valence-electron chi connectivity index (χ2n) is 6.52. The first-order chi connectivity index (χ1) is 13.8. The number of benzene rings is 3. The molecule has 0 saturated carbocycles. The first-order valence-electron chi connectivity index (χ1n) is 8.88. The van der Waals surface area contributed by atoms with E-state index in [9.17, 15) is 23.2 Å². The first-order valence-corrected chi connectivity index (χ1v) is 8.88. The number of amides is 1. The van der Waals surface area contributed by atoms with Crippen molar-refractivity contribution in [2.24, 2.45) is 0 Å². The molecular formula is C23H17F3N2O. The molecule has 1 unspecified atom stereocenters. The van der Waals surface area contributed by atoms with Crippen LogP contribution in [0, 0.1) is 11.3 Å². The van der Waals surface area contributed by atoms with Crippen molar-refractivity contribution in [1.29, 1.82) is 5.26 Å². The number of carbonyl (C=O) groups excluding carboxylic acids is 1. The quantitative estimate of drug-likeness (QED) is 0.614. The van der Waals surface area contributed by atoms with Gasteiger partial charge in [0.25, 0.3) is 5.91 Å². The third-order valence-corrected chi connectivity index (χ3v) is 4.57. The molecule has 0 spiro atoms. The normalized spacial score (nSPS) is 12.1. The highest BCUT2D eigenvalue weighted by atomic mass is 19.4. The summed E-state index contributed by atoms with van der Waals surface area (Å²) in [7, 11) is 0. The summed E-state index contributed by atoms with van der Waals surface area (Å²) in [5.74, 6) is -0.432. The fourth-order valence-electron chi connectivity index (χ4n) is 3.07. The van der Waals surface area contributed by atoms with Gasteiger partial charge in [-0.3, -0.25) is 4.79 Å². The van der Waals surface area contributed by atoms with Crippen molar-refractivity contribution in [3.63, 3.8) is 0 Å². The maximum absolute atomic E-state index is 13.0. The summed E-state index contributed by atoms with van der Waals surface area (Å²) >= 11 is 0. The molecular weight excluding hydrogens is 377 g/mol. The largest absolute Gasteiger partial charge is 0.416 e. The Balaban J connectivity index is 1.90. The van der Waals surface area contributed by atoms with Crippen molar-refractivity contribution in [2.45, 2.75) is 19.1 Å². The molecule has 29 heavy (non-hydrogen) atoms. The van der Waals surface area contributed by atoms with Gasteiger partial charge in [0.2, 0.25) is 0 Å². The summed E-state index contributed by atoms with van der Waals surface area (Å²) < 4.78 is 38.9. The molecule has 0 aliphatic heterocycles. The zero-order valence-corrected chi connectivity index (χ0v) is 15.5. The topological polar surface area (TPSA) is 52.9 Å². The number of alkyl halides is 3. The van der Waals surface area contributed by atoms with Crippen molar-refractivity contribution in [2.75, 3.05) is 0 Å². The van der Waals surface area contributed by atoms with Crippen molar-refractivity contribution in [1.82, 2.24) is 5.32 Å². The van der Waals surface area contributed by atoms with E-state index in [1.165, 1.54) is 12.1 Å². The van der Waals surface area contributed by atoms with Gasteiger partial charge in [0.1, 0.15) is 0 Å². The molecule has 1 N–H and O–H groups in total. The van der Waals surface area contributed by atoms with Crippen LogP contribution in [0.4, 0.5) is 13.2 Å². The smallest absolute Gasteiger partial charge is 0.345 e. The Hall–Kier alpha value is -3.59. The molecule has 3 rings (SSSR count). The molecule has 0 aliphatic rings. The molecule has 3 aromatic carbocycles. The van der Waals surface area contributed by atoms with Gasteiger partial charge in [0.05, 0.1) is 23.2 Å². The minimum atomic E-state index is -4.45. The Bertz CT molecular complexity index is 1080. The number of hydrogen-bond acceptors (Lipinski definition) is 2. The fourth-order valence-corrected chi connectivity index (χ4v) is 3.07. The second-order valence-corrected chi connectivity index (χ2v) is 6.52. The Kier molecular flexibility index (Phi) is 5.69. The number of rotatable bonds is 4. The molecule has 0 bridgehead atoms. The van der Waals surface area contributed by atoms with E-state index < -0.39 is 23.7 Å². The van der Waals surface area contributed by atoms with E-state index in [0.717, 1.165) is 12.1 Å². The second kappa shape index (κ2) is 8.19. The highest BCUT2D eigenvalue weighted by molar-refractivity contribution is 6.01. The van der Waals surface area contributed by atoms with E-state index in [4.69, 9.17) is 0 Å². The number of halogens is 3. The maximum atomic E-state index is 13.0. The lowest BCUT2D eigenvalue weighted by Gasteiger charge is -2.18. The highest BCUT2D eigenvalue weighted by Crippen LogP contribution is 2.31. The van der Waals surface area contributed by atoms with Crippen LogP contribution in [0.3, 0.4) is 0 Å². The molecule has 0 aliphatic carbocycles. The van der Waals surface area contributed by atoms with Gasteiger partial charge < -0.3 is 5.32 Å². The van der Waals surface area contributed by atoms with Crippen LogP contribution in [-0.2, 0) is 6.18 Å². The summed E-state index contributed by atoms with van der Waals surface area (Å²) in [5.41, 5.74) is 1.56. The van der Waals surface area contributed by atoms with Crippen molar-refractivity contribution in [3.8, 4) is 17.2 Å². The minimum Gasteiger partial charge on any atom is -0.345 e. The van der Waals surface area contributed by atoms with Crippen LogP contribution < -0.4 is 5.32 Å². The van der Waals surface area contributed by atoms with E-state index in [0.29, 0.717) is 27.8 Å². The summed E-state index contributed by atoms with van der Waals surface area (Å²) in [5, 5.41) is 12.1. The van der Waals surface area contributed by atoms with Crippen LogP contribution >= 0.6 is 0 Å². The monoisotopic (exact) mass is 394 g/mol. The Labute approximate surface area is 166 Å². The zero-order chi connectivity index (χ0) is 21.0. The maximum Gasteiger partial charge on any atom is 0.416 e. The third-order valence-electron chi connectivity index (χ3n) is 4.57. The Morgan fingerprint density at radius 2 is 1.62 bits per heavy atom. The number of nitriles is 1. The van der Waals surface area contributed by atoms with E-state index in [2.05, 4.69) is 11.4 Å². The SMILES string of the molecule is CC(NC(=O)c1ccccc1-c1ccccc1C#N)c1cccc(C(F)(F)F)c1. The average Bonchev–Trinajstić information content (AvgIpc) is 2.73. The molecule has 1 atom stereocenters. The summed E-state index contributed by atoms with van der Waals surface area (Å²) in [6.45, 7) is 1.62. The average molecular weight is 394 g/mol. The van der Waals surface area contributed by atoms with Crippen molar-refractivity contribution in [3.05, 3.63) is 95.1 Å². The molecule has 0 heterocycles. The van der Waals surface area contributed by atoms with Gasteiger partial charge in [-0.1, -0.05) is 48.5 Å². The van der Waals surface area contributed by atoms with E-state index in [-0.39, 0.29) is 0 Å². The van der Waals surface area contributed by atoms with Gasteiger partial charge in [0, 0.05) is 11.1 Å². The molecule has 146 valence electrons. The van der Waals surface area contributed by atoms with Crippen LogP contribution in [0.15, 0.2) is 72.8 Å². The van der Waals surface area contributed by atoms with Gasteiger partial charge in [0.15, 0.2) is 0 Å². The summed E-state index contributed by atoms with van der Waals surface area (Å²) in [4.78, 5) is 12.9. The lowest BCUT2D eigenvalue weighted by Crippen LogP contribution is -2.27. The Morgan fingerprint density at radius 3 is 2.31 bits per heavy atom. The molecule has 0 aromatic heterocycles. The Morgan fingerprint density at radius 1 is 0.966 bits per heavy atom. The standard InChI is InChI=1S/C23H17F3N2O/c1-15(16-8-6-9-18(13-16)23(24,25)26)28-22(29)21-12-5-4-11-20(21)19-10-3-2-7-17(19)14-27/h2-13,15H,1H3,(H,28,29). The molecule has 0 saturated heterocycles. The first kappa shape index (κ1) is 20.2. The van der Waals surface area contributed by atoms with Gasteiger partial charge in [-0.05, 0) is 42.3 Å². The van der Waals surface area contributed by atoms with Gasteiger partial charge >= 0.3 is 6.18 Å². The number of hydrogen-bond donors (Lipinski definition) is 1. The van der Waals surface area contributed by atoms with Crippen LogP contribution in [0.25, 0.3) is 11.1 Å². The van der Waals surface area contributed by atoms with Crippen LogP contribution in [0.2, 0.25) is 0 Å². The molecule has 1 amide bonds. The fraction of sp³-hybridized carbons (Fsp3) is 0.130. The minimum absolute atomic E-state index is 0.342. The number of carbonyl (C=O) groups is 1. The summed E-state index contributed by atoms with van der Waals surface area (Å²) in [6, 6.07) is 20.1. The highest BCUT2D eigenvalue weighted by Gasteiger charge is 2.30. The van der Waals surface area contributed by atoms with E-state index in [1.807, 2.05) is 0 Å². The zero-order valence-electron chi connectivity index (χ0n) is 15.5. The molecule has 0 fully saturated rings. The molecule has 3 nitrogen and oxygen atoms in total. The van der Waals surface area contributed by atoms with Crippen molar-refractivity contribution < 1.29 is 18.0 Å². The molecule has 6 heteroatoms. The molecule has 3 aromatic rings. The lowest BCUT2D eigenvalue weighted by atomic mass is 9.95. The molecule has 0 radical (unpaired) electrons. The van der Waals surface area contributed by atoms with Gasteiger partial charge in [-0.25, -0.2) is 0 Å². The van der Waals surface area contributed by atoms with Crippen LogP contribution in [0.1, 0.15) is 40.0 Å². The van der Waals surface area contributed by atoms with Crippen LogP contribution in [0.5, 0.6) is 0 Å². The lowest BCUT2D eigenvalue weighted by molar-refractivity contribution is -0.137. The van der Waals surface area contributed by atoms with Gasteiger partial charge in [-0.15, -0.1) is 0 Å². The van der Waals surface area contributed by atoms with Crippen molar-refractivity contribution >= 4 is 5.91 Å². The number of nitrogens with one attached hydrogen (secondary N) is 1. The predicted molar refractivity (Wildman–Crippen MR) is 104 cm³/mol. The van der Waals surface area contributed by atoms with E-state index in [1.54, 1.807) is 55.5 Å². The third kappa shape index (κ3) is 4.46. The summed E-state index contributed by atoms with van der Waals surface area (Å²) in [6.07, 6.45) is -4.45.